The third kappa shape index (κ3) is 2.57. The van der Waals surface area contributed by atoms with Crippen molar-refractivity contribution in [1.82, 2.24) is 0 Å². The van der Waals surface area contributed by atoms with E-state index in [4.69, 9.17) is 10.00 Å². The maximum absolute atomic E-state index is 12.6. The average Bonchev–Trinajstić information content (AvgIpc) is 2.38. The van der Waals surface area contributed by atoms with Gasteiger partial charge in [-0.1, -0.05) is 0 Å². The number of benzene rings is 1. The summed E-state index contributed by atoms with van der Waals surface area (Å²) in [6, 6.07) is 6.07. The van der Waals surface area contributed by atoms with Gasteiger partial charge >= 0.3 is 6.18 Å². The molecule has 0 saturated carbocycles. The van der Waals surface area contributed by atoms with E-state index in [-0.39, 0.29) is 11.3 Å². The highest BCUT2D eigenvalue weighted by atomic mass is 19.4. The third-order valence-electron chi connectivity index (χ3n) is 2.71. The predicted octanol–water partition coefficient (Wildman–Crippen LogP) is 2.21. The first-order valence-electron chi connectivity index (χ1n) is 5.38. The van der Waals surface area contributed by atoms with Gasteiger partial charge in [-0.25, -0.2) is 0 Å². The molecule has 95 valence electrons. The Morgan fingerprint density at radius 1 is 1.33 bits per heavy atom. The van der Waals surface area contributed by atoms with Crippen LogP contribution in [0, 0.1) is 17.4 Å². The van der Waals surface area contributed by atoms with Crippen LogP contribution in [0.1, 0.15) is 11.1 Å². The zero-order chi connectivity index (χ0) is 13.2. The van der Waals surface area contributed by atoms with Crippen molar-refractivity contribution >= 4 is 5.69 Å². The number of hydrogen-bond donors (Lipinski definition) is 0. The molecule has 1 aromatic carbocycles. The van der Waals surface area contributed by atoms with Gasteiger partial charge in [-0.15, -0.1) is 0 Å². The number of rotatable bonds is 1. The Kier molecular flexibility index (Phi) is 3.43. The van der Waals surface area contributed by atoms with Crippen LogP contribution in [0.2, 0.25) is 0 Å². The molecule has 18 heavy (non-hydrogen) atoms. The molecule has 2 rings (SSSR count). The van der Waals surface area contributed by atoms with Crippen molar-refractivity contribution in [2.24, 2.45) is 0 Å². The normalized spacial score (nSPS) is 16.4. The van der Waals surface area contributed by atoms with Crippen molar-refractivity contribution in [3.05, 3.63) is 29.3 Å². The zero-order valence-corrected chi connectivity index (χ0v) is 9.42. The lowest BCUT2D eigenvalue weighted by Gasteiger charge is -2.29. The molecule has 0 N–H and O–H groups in total. The highest BCUT2D eigenvalue weighted by molar-refractivity contribution is 5.60. The highest BCUT2D eigenvalue weighted by Crippen LogP contribution is 2.33. The minimum atomic E-state index is -4.43. The molecule has 3 nitrogen and oxygen atoms in total. The second-order valence-electron chi connectivity index (χ2n) is 3.86. The topological polar surface area (TPSA) is 36.3 Å². The second kappa shape index (κ2) is 4.86. The van der Waals surface area contributed by atoms with E-state index in [2.05, 4.69) is 6.07 Å². The summed E-state index contributed by atoms with van der Waals surface area (Å²) >= 11 is 0. The molecule has 0 amide bonds. The van der Waals surface area contributed by atoms with Gasteiger partial charge in [0, 0.05) is 19.2 Å². The lowest BCUT2D eigenvalue weighted by atomic mass is 10.1. The Labute approximate surface area is 102 Å². The summed E-state index contributed by atoms with van der Waals surface area (Å²) in [5, 5.41) is 8.92. The van der Waals surface area contributed by atoms with Crippen molar-refractivity contribution in [1.29, 1.82) is 5.26 Å². The van der Waals surface area contributed by atoms with Crippen LogP contribution in [0.15, 0.2) is 12.1 Å². The van der Waals surface area contributed by atoms with Gasteiger partial charge in [0.05, 0.1) is 30.0 Å². The maximum atomic E-state index is 12.6. The van der Waals surface area contributed by atoms with E-state index in [9.17, 15) is 13.2 Å². The van der Waals surface area contributed by atoms with E-state index in [1.165, 1.54) is 0 Å². The van der Waals surface area contributed by atoms with Gasteiger partial charge in [0.15, 0.2) is 0 Å². The summed E-state index contributed by atoms with van der Waals surface area (Å²) in [4.78, 5) is 1.72. The number of anilines is 1. The minimum Gasteiger partial charge on any atom is -0.378 e. The fourth-order valence-electron chi connectivity index (χ4n) is 1.79. The summed E-state index contributed by atoms with van der Waals surface area (Å²) in [6.45, 7) is 1.84. The average molecular weight is 255 g/mol. The molecular formula is C12H10F3N2O. The molecule has 1 heterocycles. The zero-order valence-electron chi connectivity index (χ0n) is 9.42. The molecule has 1 aliphatic heterocycles. The first-order valence-corrected chi connectivity index (χ1v) is 5.38. The van der Waals surface area contributed by atoms with Gasteiger partial charge in [0.2, 0.25) is 0 Å². The molecule has 0 unspecified atom stereocenters. The molecule has 0 spiro atoms. The minimum absolute atomic E-state index is 0.130. The number of ether oxygens (including phenoxy) is 1. The quantitative estimate of drug-likeness (QED) is 0.772. The van der Waals surface area contributed by atoms with Crippen LogP contribution in [0.3, 0.4) is 0 Å². The van der Waals surface area contributed by atoms with Crippen LogP contribution in [-0.2, 0) is 10.9 Å². The summed E-state index contributed by atoms with van der Waals surface area (Å²) in [5.41, 5.74) is -0.386. The number of nitriles is 1. The Morgan fingerprint density at radius 3 is 2.56 bits per heavy atom. The van der Waals surface area contributed by atoms with Gasteiger partial charge < -0.3 is 9.64 Å². The van der Waals surface area contributed by atoms with Crippen molar-refractivity contribution < 1.29 is 17.9 Å². The van der Waals surface area contributed by atoms with Crippen LogP contribution in [0.25, 0.3) is 0 Å². The molecule has 0 aromatic heterocycles. The van der Waals surface area contributed by atoms with Crippen LogP contribution in [0.4, 0.5) is 18.9 Å². The smallest absolute Gasteiger partial charge is 0.378 e. The molecule has 0 bridgehead atoms. The first-order chi connectivity index (χ1) is 8.52. The Hall–Kier alpha value is -1.74. The molecule has 0 atom stereocenters. The Morgan fingerprint density at radius 2 is 2.00 bits per heavy atom. The summed E-state index contributed by atoms with van der Waals surface area (Å²) in [7, 11) is 0. The number of morpholine rings is 1. The van der Waals surface area contributed by atoms with E-state index in [1.54, 1.807) is 4.90 Å². The monoisotopic (exact) mass is 255 g/mol. The second-order valence-corrected chi connectivity index (χ2v) is 3.86. The molecule has 1 aromatic rings. The molecule has 1 aliphatic rings. The lowest BCUT2D eigenvalue weighted by Crippen LogP contribution is -2.36. The highest BCUT2D eigenvalue weighted by Gasteiger charge is 2.32. The third-order valence-corrected chi connectivity index (χ3v) is 2.71. The van der Waals surface area contributed by atoms with Crippen LogP contribution >= 0.6 is 0 Å². The Bertz CT molecular complexity index is 473. The van der Waals surface area contributed by atoms with Crippen molar-refractivity contribution in [3.8, 4) is 6.07 Å². The largest absolute Gasteiger partial charge is 0.416 e. The van der Waals surface area contributed by atoms with Crippen molar-refractivity contribution in [2.75, 3.05) is 31.2 Å². The van der Waals surface area contributed by atoms with Crippen LogP contribution < -0.4 is 4.90 Å². The van der Waals surface area contributed by atoms with E-state index < -0.39 is 11.7 Å². The van der Waals surface area contributed by atoms with Gasteiger partial charge in [0.1, 0.15) is 6.07 Å². The van der Waals surface area contributed by atoms with Crippen molar-refractivity contribution in [3.63, 3.8) is 0 Å². The molecule has 1 saturated heterocycles. The standard InChI is InChI=1S/C12H10F3N2O/c13-12(14,15)10-2-1-9(8-16)11(7-10)17-3-5-18-6-4-17/h2,7H,3-6H2. The molecule has 0 aliphatic carbocycles. The Balaban J connectivity index is 2.39. The summed E-state index contributed by atoms with van der Waals surface area (Å²) in [5.74, 6) is 0. The number of hydrogen-bond acceptors (Lipinski definition) is 3. The summed E-state index contributed by atoms with van der Waals surface area (Å²) < 4.78 is 43.0. The molecular weight excluding hydrogens is 245 g/mol. The van der Waals surface area contributed by atoms with E-state index >= 15 is 0 Å². The maximum Gasteiger partial charge on any atom is 0.416 e. The number of alkyl halides is 3. The predicted molar refractivity (Wildman–Crippen MR) is 58.0 cm³/mol. The SMILES string of the molecule is N#Cc1[c]cc(C(F)(F)F)cc1N1CCOCC1. The summed E-state index contributed by atoms with van der Waals surface area (Å²) in [6.07, 6.45) is -4.43. The fraction of sp³-hybridized carbons (Fsp3) is 0.417. The van der Waals surface area contributed by atoms with Gasteiger partial charge in [-0.2, -0.15) is 18.4 Å². The van der Waals surface area contributed by atoms with Crippen LogP contribution in [-0.4, -0.2) is 26.3 Å². The number of halogens is 3. The molecule has 6 heteroatoms. The molecule has 1 fully saturated rings. The van der Waals surface area contributed by atoms with E-state index in [0.717, 1.165) is 12.1 Å². The lowest BCUT2D eigenvalue weighted by molar-refractivity contribution is -0.137. The van der Waals surface area contributed by atoms with E-state index in [1.807, 2.05) is 6.07 Å². The van der Waals surface area contributed by atoms with Gasteiger partial charge in [-0.3, -0.25) is 0 Å². The fourth-order valence-corrected chi connectivity index (χ4v) is 1.79. The first kappa shape index (κ1) is 12.7. The molecule has 1 radical (unpaired) electrons. The van der Waals surface area contributed by atoms with Gasteiger partial charge in [0.25, 0.3) is 0 Å². The number of nitrogens with zero attached hydrogens (tertiary/aromatic N) is 2. The van der Waals surface area contributed by atoms with Gasteiger partial charge in [-0.05, 0) is 12.1 Å². The van der Waals surface area contributed by atoms with Crippen LogP contribution in [0.5, 0.6) is 0 Å². The van der Waals surface area contributed by atoms with E-state index in [0.29, 0.717) is 26.3 Å². The van der Waals surface area contributed by atoms with Crippen molar-refractivity contribution in [2.45, 2.75) is 6.18 Å².